The molecule has 1 fully saturated rings. The van der Waals surface area contributed by atoms with Crippen LogP contribution in [-0.4, -0.2) is 41.1 Å². The van der Waals surface area contributed by atoms with E-state index in [0.29, 0.717) is 25.9 Å². The molecule has 4 heteroatoms. The highest BCUT2D eigenvalue weighted by molar-refractivity contribution is 5.76. The topological polar surface area (TPSA) is 66.6 Å². The van der Waals surface area contributed by atoms with Gasteiger partial charge < -0.3 is 15.7 Å². The fourth-order valence-corrected chi connectivity index (χ4v) is 2.09. The number of nitrogens with zero attached hydrogens (tertiary/aromatic N) is 1. The van der Waals surface area contributed by atoms with Crippen LogP contribution >= 0.6 is 0 Å². The predicted octanol–water partition coefficient (Wildman–Crippen LogP) is 0.879. The van der Waals surface area contributed by atoms with E-state index in [9.17, 15) is 9.90 Å². The lowest BCUT2D eigenvalue weighted by molar-refractivity contribution is -0.131. The molecule has 1 heterocycles. The van der Waals surface area contributed by atoms with E-state index in [0.717, 1.165) is 32.2 Å². The Balaban J connectivity index is 2.33. The molecule has 16 heavy (non-hydrogen) atoms. The molecule has 1 aliphatic heterocycles. The first-order chi connectivity index (χ1) is 7.55. The molecule has 1 atom stereocenters. The van der Waals surface area contributed by atoms with Crippen LogP contribution in [0.3, 0.4) is 0 Å². The Kier molecular flexibility index (Phi) is 5.22. The van der Waals surface area contributed by atoms with Crippen molar-refractivity contribution in [1.29, 1.82) is 0 Å². The van der Waals surface area contributed by atoms with Gasteiger partial charge in [0.2, 0.25) is 5.91 Å². The molecule has 1 aliphatic rings. The van der Waals surface area contributed by atoms with Crippen LogP contribution in [-0.2, 0) is 4.79 Å². The van der Waals surface area contributed by atoms with Gasteiger partial charge in [0.05, 0.1) is 5.60 Å². The molecule has 0 aromatic rings. The lowest BCUT2D eigenvalue weighted by Crippen LogP contribution is -2.33. The van der Waals surface area contributed by atoms with Gasteiger partial charge in [-0.05, 0) is 45.6 Å². The number of likely N-dealkylation sites (tertiary alicyclic amines) is 1. The van der Waals surface area contributed by atoms with Crippen LogP contribution in [0.2, 0.25) is 0 Å². The second-order valence-corrected chi connectivity index (χ2v) is 4.98. The summed E-state index contributed by atoms with van der Waals surface area (Å²) in [5.41, 5.74) is 4.80. The zero-order chi connectivity index (χ0) is 12.0. The molecule has 0 spiro atoms. The molecule has 0 saturated carbocycles. The first-order valence-electron chi connectivity index (χ1n) is 6.25. The van der Waals surface area contributed by atoms with Crippen LogP contribution in [0.5, 0.6) is 0 Å². The van der Waals surface area contributed by atoms with Crippen molar-refractivity contribution in [3.63, 3.8) is 0 Å². The van der Waals surface area contributed by atoms with Crippen LogP contribution in [0.4, 0.5) is 0 Å². The third-order valence-corrected chi connectivity index (χ3v) is 3.26. The van der Waals surface area contributed by atoms with E-state index in [2.05, 4.69) is 0 Å². The third-order valence-electron chi connectivity index (χ3n) is 3.26. The number of rotatable bonds is 4. The summed E-state index contributed by atoms with van der Waals surface area (Å²) in [6.07, 6.45) is 4.77. The van der Waals surface area contributed by atoms with Crippen molar-refractivity contribution in [2.24, 2.45) is 5.73 Å². The summed E-state index contributed by atoms with van der Waals surface area (Å²) in [7, 11) is 0. The first-order valence-corrected chi connectivity index (χ1v) is 6.25. The molecular formula is C12H24N2O2. The molecule has 0 bridgehead atoms. The monoisotopic (exact) mass is 228 g/mol. The maximum Gasteiger partial charge on any atom is 0.222 e. The van der Waals surface area contributed by atoms with Gasteiger partial charge in [-0.2, -0.15) is 0 Å². The minimum absolute atomic E-state index is 0.214. The van der Waals surface area contributed by atoms with Gasteiger partial charge in [-0.3, -0.25) is 4.79 Å². The van der Waals surface area contributed by atoms with Crippen LogP contribution in [0.15, 0.2) is 0 Å². The molecule has 1 rings (SSSR count). The largest absolute Gasteiger partial charge is 0.390 e. The van der Waals surface area contributed by atoms with Crippen molar-refractivity contribution < 1.29 is 9.90 Å². The van der Waals surface area contributed by atoms with Crippen molar-refractivity contribution in [2.75, 3.05) is 19.6 Å². The number of unbranched alkanes of at least 4 members (excludes halogenated alkanes) is 1. The van der Waals surface area contributed by atoms with Crippen molar-refractivity contribution in [1.82, 2.24) is 4.90 Å². The Morgan fingerprint density at radius 1 is 1.38 bits per heavy atom. The number of carbonyl (C=O) groups is 1. The number of nitrogens with two attached hydrogens (primary N) is 1. The van der Waals surface area contributed by atoms with E-state index in [4.69, 9.17) is 5.73 Å². The number of carbonyl (C=O) groups excluding carboxylic acids is 1. The fourth-order valence-electron chi connectivity index (χ4n) is 2.09. The number of hydrogen-bond acceptors (Lipinski definition) is 3. The standard InChI is InChI=1S/C12H24N2O2/c1-12(16)6-4-9-14(10-7-12)11(15)5-2-3-8-13/h16H,2-10,13H2,1H3. The van der Waals surface area contributed by atoms with E-state index in [1.54, 1.807) is 0 Å². The summed E-state index contributed by atoms with van der Waals surface area (Å²) in [6, 6.07) is 0. The average molecular weight is 228 g/mol. The summed E-state index contributed by atoms with van der Waals surface area (Å²) < 4.78 is 0. The van der Waals surface area contributed by atoms with Crippen molar-refractivity contribution in [2.45, 2.75) is 51.0 Å². The SMILES string of the molecule is CC1(O)CCCN(C(=O)CCCCN)CC1. The van der Waals surface area contributed by atoms with Gasteiger partial charge in [0.15, 0.2) is 0 Å². The molecular weight excluding hydrogens is 204 g/mol. The van der Waals surface area contributed by atoms with E-state index >= 15 is 0 Å². The highest BCUT2D eigenvalue weighted by atomic mass is 16.3. The maximum absolute atomic E-state index is 11.8. The van der Waals surface area contributed by atoms with Crippen molar-refractivity contribution in [3.05, 3.63) is 0 Å². The highest BCUT2D eigenvalue weighted by Gasteiger charge is 2.26. The van der Waals surface area contributed by atoms with E-state index in [-0.39, 0.29) is 5.91 Å². The molecule has 4 nitrogen and oxygen atoms in total. The van der Waals surface area contributed by atoms with Gasteiger partial charge in [0.25, 0.3) is 0 Å². The summed E-state index contributed by atoms with van der Waals surface area (Å²) >= 11 is 0. The zero-order valence-corrected chi connectivity index (χ0v) is 10.2. The predicted molar refractivity (Wildman–Crippen MR) is 64.0 cm³/mol. The van der Waals surface area contributed by atoms with Gasteiger partial charge in [0.1, 0.15) is 0 Å². The van der Waals surface area contributed by atoms with Crippen LogP contribution in [0.25, 0.3) is 0 Å². The number of amides is 1. The summed E-state index contributed by atoms with van der Waals surface area (Å²) in [5.74, 6) is 0.214. The molecule has 1 amide bonds. The highest BCUT2D eigenvalue weighted by Crippen LogP contribution is 2.21. The number of aliphatic hydroxyl groups is 1. The minimum atomic E-state index is -0.591. The van der Waals surface area contributed by atoms with Crippen LogP contribution < -0.4 is 5.73 Å². The Bertz CT molecular complexity index is 229. The van der Waals surface area contributed by atoms with Gasteiger partial charge in [0, 0.05) is 19.5 Å². The second kappa shape index (κ2) is 6.21. The molecule has 3 N–H and O–H groups in total. The summed E-state index contributed by atoms with van der Waals surface area (Å²) in [6.45, 7) is 3.99. The molecule has 0 aliphatic carbocycles. The Labute approximate surface area is 97.8 Å². The smallest absolute Gasteiger partial charge is 0.222 e. The molecule has 1 saturated heterocycles. The molecule has 94 valence electrons. The van der Waals surface area contributed by atoms with Gasteiger partial charge in [-0.25, -0.2) is 0 Å². The Morgan fingerprint density at radius 3 is 2.81 bits per heavy atom. The second-order valence-electron chi connectivity index (χ2n) is 4.98. The van der Waals surface area contributed by atoms with Crippen LogP contribution in [0.1, 0.15) is 45.4 Å². The van der Waals surface area contributed by atoms with Gasteiger partial charge in [-0.15, -0.1) is 0 Å². The van der Waals surface area contributed by atoms with E-state index in [1.165, 1.54) is 0 Å². The minimum Gasteiger partial charge on any atom is -0.390 e. The summed E-state index contributed by atoms with van der Waals surface area (Å²) in [4.78, 5) is 13.7. The Morgan fingerprint density at radius 2 is 2.12 bits per heavy atom. The van der Waals surface area contributed by atoms with E-state index in [1.807, 2.05) is 11.8 Å². The van der Waals surface area contributed by atoms with Gasteiger partial charge >= 0.3 is 0 Å². The molecule has 0 aromatic heterocycles. The Hall–Kier alpha value is -0.610. The third kappa shape index (κ3) is 4.49. The first kappa shape index (κ1) is 13.5. The molecule has 1 unspecified atom stereocenters. The van der Waals surface area contributed by atoms with Crippen molar-refractivity contribution >= 4 is 5.91 Å². The summed E-state index contributed by atoms with van der Waals surface area (Å²) in [5, 5.41) is 9.91. The quantitative estimate of drug-likeness (QED) is 0.702. The lowest BCUT2D eigenvalue weighted by Gasteiger charge is -2.22. The lowest BCUT2D eigenvalue weighted by atomic mass is 9.98. The molecule has 0 aromatic carbocycles. The van der Waals surface area contributed by atoms with Crippen LogP contribution in [0, 0.1) is 0 Å². The van der Waals surface area contributed by atoms with E-state index < -0.39 is 5.60 Å². The normalized spacial score (nSPS) is 26.6. The van der Waals surface area contributed by atoms with Crippen molar-refractivity contribution in [3.8, 4) is 0 Å². The van der Waals surface area contributed by atoms with Gasteiger partial charge in [-0.1, -0.05) is 0 Å². The fraction of sp³-hybridized carbons (Fsp3) is 0.917. The zero-order valence-electron chi connectivity index (χ0n) is 10.2. The number of hydrogen-bond donors (Lipinski definition) is 2. The average Bonchev–Trinajstić information content (AvgIpc) is 2.39. The maximum atomic E-state index is 11.8. The molecule has 0 radical (unpaired) electrons.